The minimum Gasteiger partial charge on any atom is -0.222 e. The molecule has 0 rings (SSSR count). The van der Waals surface area contributed by atoms with Gasteiger partial charge in [0.15, 0.2) is 0 Å². The average Bonchev–Trinajstić information content (AvgIpc) is 1.62. The van der Waals surface area contributed by atoms with Gasteiger partial charge in [0.25, 0.3) is 0 Å². The summed E-state index contributed by atoms with van der Waals surface area (Å²) in [6.07, 6.45) is 0. The van der Waals surface area contributed by atoms with E-state index in [-0.39, 0.29) is 0 Å². The SMILES string of the molecule is O=S(OCl)C(F)(Cl)Cl. The van der Waals surface area contributed by atoms with E-state index in [9.17, 15) is 8.60 Å². The number of rotatable bonds is 2. The molecule has 0 aliphatic carbocycles. The third-order valence-corrected chi connectivity index (χ3v) is 1.84. The Balaban J connectivity index is 3.82. The van der Waals surface area contributed by atoms with E-state index in [0.29, 0.717) is 0 Å². The summed E-state index contributed by atoms with van der Waals surface area (Å²) >= 11 is 11.1. The Morgan fingerprint density at radius 3 is 2.00 bits per heavy atom. The minimum absolute atomic E-state index is 2.51. The maximum atomic E-state index is 11.8. The van der Waals surface area contributed by atoms with Crippen LogP contribution >= 0.6 is 35.1 Å². The molecule has 0 amide bonds. The summed E-state index contributed by atoms with van der Waals surface area (Å²) in [6, 6.07) is 0. The van der Waals surface area contributed by atoms with E-state index < -0.39 is 15.0 Å². The molecule has 0 aliphatic heterocycles. The van der Waals surface area contributed by atoms with Gasteiger partial charge in [-0.2, -0.15) is 8.13 Å². The molecule has 2 nitrogen and oxygen atoms in total. The second kappa shape index (κ2) is 3.17. The lowest BCUT2D eigenvalue weighted by Gasteiger charge is -2.01. The lowest BCUT2D eigenvalue weighted by molar-refractivity contribution is 0.466. The first-order valence-corrected chi connectivity index (χ1v) is 3.40. The van der Waals surface area contributed by atoms with Crippen LogP contribution in [-0.4, -0.2) is 8.13 Å². The van der Waals surface area contributed by atoms with Crippen LogP contribution in [-0.2, 0) is 14.8 Å². The highest BCUT2D eigenvalue weighted by Gasteiger charge is 2.32. The molecule has 7 heteroatoms. The molecule has 1 atom stereocenters. The van der Waals surface area contributed by atoms with Crippen molar-refractivity contribution < 1.29 is 12.3 Å². The van der Waals surface area contributed by atoms with E-state index in [1.54, 1.807) is 0 Å². The highest BCUT2D eigenvalue weighted by Crippen LogP contribution is 2.27. The van der Waals surface area contributed by atoms with Gasteiger partial charge in [-0.15, -0.1) is 0 Å². The van der Waals surface area contributed by atoms with Crippen LogP contribution in [0.2, 0.25) is 0 Å². The topological polar surface area (TPSA) is 26.3 Å². The summed E-state index contributed by atoms with van der Waals surface area (Å²) in [6.45, 7) is 0. The summed E-state index contributed by atoms with van der Waals surface area (Å²) in [4.78, 5) is 0. The molecule has 0 bridgehead atoms. The maximum absolute atomic E-state index is 11.8. The Hall–Kier alpha value is 0.910. The molecule has 0 aromatic carbocycles. The lowest BCUT2D eigenvalue weighted by Crippen LogP contribution is -2.12. The molecule has 1 unspecified atom stereocenters. The van der Waals surface area contributed by atoms with Crippen molar-refractivity contribution in [1.29, 1.82) is 0 Å². The van der Waals surface area contributed by atoms with Gasteiger partial charge in [-0.1, -0.05) is 0 Å². The van der Waals surface area contributed by atoms with E-state index in [2.05, 4.69) is 38.8 Å². The van der Waals surface area contributed by atoms with Crippen LogP contribution in [0.4, 0.5) is 4.39 Å². The van der Waals surface area contributed by atoms with E-state index in [4.69, 9.17) is 0 Å². The van der Waals surface area contributed by atoms with Gasteiger partial charge >= 0.3 is 3.92 Å². The fraction of sp³-hybridized carbons (Fsp3) is 1.00. The summed E-state index contributed by atoms with van der Waals surface area (Å²) < 4.78 is 22.2. The number of alkyl halides is 3. The van der Waals surface area contributed by atoms with Gasteiger partial charge in [0, 0.05) is 0 Å². The van der Waals surface area contributed by atoms with Crippen molar-refractivity contribution in [2.24, 2.45) is 0 Å². The predicted octanol–water partition coefficient (Wildman–Crippen LogP) is 1.88. The third kappa shape index (κ3) is 3.04. The van der Waals surface area contributed by atoms with Gasteiger partial charge in [0.2, 0.25) is 11.1 Å². The van der Waals surface area contributed by atoms with Crippen molar-refractivity contribution in [3.8, 4) is 0 Å². The Labute approximate surface area is 62.7 Å². The van der Waals surface area contributed by atoms with Gasteiger partial charge in [-0.05, 0) is 23.2 Å². The standard InChI is InChI=1S/CCl3FO2S/c2-1(3,5)8(6)7-4. The first-order valence-electron chi connectivity index (χ1n) is 1.26. The quantitative estimate of drug-likeness (QED) is 0.638. The van der Waals surface area contributed by atoms with E-state index in [1.165, 1.54) is 0 Å². The van der Waals surface area contributed by atoms with Gasteiger partial charge in [0.1, 0.15) is 0 Å². The molecule has 0 aromatic rings. The van der Waals surface area contributed by atoms with Crippen LogP contribution < -0.4 is 0 Å². The molecule has 0 spiro atoms. The van der Waals surface area contributed by atoms with Crippen molar-refractivity contribution in [3.05, 3.63) is 0 Å². The van der Waals surface area contributed by atoms with Gasteiger partial charge in [-0.3, -0.25) is 0 Å². The number of hydrogen-bond acceptors (Lipinski definition) is 2. The molecular formula is CCl3FO2S. The van der Waals surface area contributed by atoms with E-state index in [0.717, 1.165) is 0 Å². The Morgan fingerprint density at radius 1 is 1.62 bits per heavy atom. The van der Waals surface area contributed by atoms with Gasteiger partial charge in [0.05, 0.1) is 11.9 Å². The fourth-order valence-corrected chi connectivity index (χ4v) is 0.750. The summed E-state index contributed by atoms with van der Waals surface area (Å²) in [5, 5.41) is 0. The highest BCUT2D eigenvalue weighted by atomic mass is 35.5. The normalized spacial score (nSPS) is 16.0. The largest absolute Gasteiger partial charge is 0.358 e. The molecule has 0 radical (unpaired) electrons. The predicted molar refractivity (Wildman–Crippen MR) is 30.6 cm³/mol. The van der Waals surface area contributed by atoms with Crippen LogP contribution in [0.15, 0.2) is 0 Å². The zero-order valence-electron chi connectivity index (χ0n) is 3.24. The molecule has 50 valence electrons. The maximum Gasteiger partial charge on any atom is 0.358 e. The minimum atomic E-state index is -2.93. The third-order valence-electron chi connectivity index (χ3n) is 0.246. The first-order chi connectivity index (χ1) is 3.48. The first kappa shape index (κ1) is 8.91. The average molecular weight is 201 g/mol. The van der Waals surface area contributed by atoms with Gasteiger partial charge in [-0.25, -0.2) is 4.21 Å². The van der Waals surface area contributed by atoms with Crippen LogP contribution in [0, 0.1) is 0 Å². The van der Waals surface area contributed by atoms with Crippen LogP contribution in [0.25, 0.3) is 0 Å². The molecule has 8 heavy (non-hydrogen) atoms. The fourth-order valence-electron chi connectivity index (χ4n) is 0.0357. The summed E-state index contributed by atoms with van der Waals surface area (Å²) in [5.74, 6) is 0. The highest BCUT2D eigenvalue weighted by molar-refractivity contribution is 7.85. The molecule has 0 saturated heterocycles. The van der Waals surface area contributed by atoms with E-state index in [1.807, 2.05) is 0 Å². The monoisotopic (exact) mass is 200 g/mol. The van der Waals surface area contributed by atoms with Gasteiger partial charge < -0.3 is 0 Å². The summed E-state index contributed by atoms with van der Waals surface area (Å²) in [7, 11) is 0. The van der Waals surface area contributed by atoms with Crippen molar-refractivity contribution in [3.63, 3.8) is 0 Å². The Bertz CT molecular complexity index is 99.9. The van der Waals surface area contributed by atoms with Crippen LogP contribution in [0.3, 0.4) is 0 Å². The van der Waals surface area contributed by atoms with Crippen LogP contribution in [0.1, 0.15) is 0 Å². The lowest BCUT2D eigenvalue weighted by atomic mass is 11.7. The van der Waals surface area contributed by atoms with E-state index >= 15 is 0 Å². The molecule has 0 aromatic heterocycles. The molecule has 0 heterocycles. The summed E-state index contributed by atoms with van der Waals surface area (Å²) in [5.41, 5.74) is 0. The molecule has 0 fully saturated rings. The van der Waals surface area contributed by atoms with Crippen LogP contribution in [0.5, 0.6) is 0 Å². The van der Waals surface area contributed by atoms with Crippen molar-refractivity contribution >= 4 is 46.1 Å². The smallest absolute Gasteiger partial charge is 0.222 e. The number of halogens is 4. The second-order valence-electron chi connectivity index (χ2n) is 0.743. The van der Waals surface area contributed by atoms with Crippen molar-refractivity contribution in [2.45, 2.75) is 3.92 Å². The molecule has 0 saturated carbocycles. The molecular weight excluding hydrogens is 201 g/mol. The molecule has 0 N–H and O–H groups in total. The molecule has 0 aliphatic rings. The van der Waals surface area contributed by atoms with Crippen molar-refractivity contribution in [2.75, 3.05) is 0 Å². The zero-order chi connectivity index (χ0) is 6.78. The number of hydrogen-bond donors (Lipinski definition) is 0. The Morgan fingerprint density at radius 2 is 2.00 bits per heavy atom. The zero-order valence-corrected chi connectivity index (χ0v) is 6.32. The second-order valence-corrected chi connectivity index (χ2v) is 3.96. The Kier molecular flexibility index (Phi) is 3.53. The van der Waals surface area contributed by atoms with Crippen molar-refractivity contribution in [1.82, 2.24) is 0 Å².